The van der Waals surface area contributed by atoms with Crippen LogP contribution in [0.1, 0.15) is 32.6 Å². The highest BCUT2D eigenvalue weighted by atomic mass is 16.2. The van der Waals surface area contributed by atoms with Crippen LogP contribution in [-0.4, -0.2) is 24.4 Å². The maximum Gasteiger partial charge on any atom is 0.227 e. The van der Waals surface area contributed by atoms with Gasteiger partial charge in [-0.25, -0.2) is 0 Å². The average Bonchev–Trinajstić information content (AvgIpc) is 2.85. The first-order valence-corrected chi connectivity index (χ1v) is 7.06. The molecule has 20 heavy (non-hydrogen) atoms. The van der Waals surface area contributed by atoms with Crippen molar-refractivity contribution in [2.45, 2.75) is 38.6 Å². The first-order chi connectivity index (χ1) is 9.60. The molecule has 5 nitrogen and oxygen atoms in total. The first-order valence-electron chi connectivity index (χ1n) is 7.06. The van der Waals surface area contributed by atoms with Crippen LogP contribution in [-0.2, 0) is 9.59 Å². The molecule has 0 aliphatic carbocycles. The first kappa shape index (κ1) is 14.5. The van der Waals surface area contributed by atoms with Gasteiger partial charge in [0.2, 0.25) is 11.8 Å². The van der Waals surface area contributed by atoms with Gasteiger partial charge >= 0.3 is 0 Å². The van der Waals surface area contributed by atoms with Crippen LogP contribution < -0.4 is 16.0 Å². The summed E-state index contributed by atoms with van der Waals surface area (Å²) in [6, 6.07) is 7.27. The highest BCUT2D eigenvalue weighted by Crippen LogP contribution is 2.24. The van der Waals surface area contributed by atoms with Gasteiger partial charge in [-0.15, -0.1) is 0 Å². The Bertz CT molecular complexity index is 502. The fourth-order valence-electron chi connectivity index (χ4n) is 2.27. The highest BCUT2D eigenvalue weighted by Gasteiger charge is 2.21. The van der Waals surface area contributed by atoms with Crippen LogP contribution in [0.15, 0.2) is 24.3 Å². The summed E-state index contributed by atoms with van der Waals surface area (Å²) in [7, 11) is 0. The number of amides is 2. The topological polar surface area (TPSA) is 75.4 Å². The molecule has 5 heteroatoms. The molecule has 108 valence electrons. The number of carbonyl (C=O) groups excluding carboxylic acids is 2. The maximum absolute atomic E-state index is 11.8. The van der Waals surface area contributed by atoms with Crippen LogP contribution in [0.4, 0.5) is 11.4 Å². The minimum atomic E-state index is -0.113. The molecule has 1 aliphatic heterocycles. The highest BCUT2D eigenvalue weighted by molar-refractivity contribution is 5.97. The molecule has 2 rings (SSSR count). The molecule has 1 atom stereocenters. The number of rotatable bonds is 5. The normalized spacial score (nSPS) is 16.3. The Morgan fingerprint density at radius 3 is 2.95 bits per heavy atom. The van der Waals surface area contributed by atoms with E-state index < -0.39 is 0 Å². The van der Waals surface area contributed by atoms with Gasteiger partial charge < -0.3 is 16.0 Å². The van der Waals surface area contributed by atoms with Gasteiger partial charge in [-0.3, -0.25) is 9.59 Å². The van der Waals surface area contributed by atoms with E-state index in [4.69, 9.17) is 5.73 Å². The predicted molar refractivity (Wildman–Crippen MR) is 79.5 cm³/mol. The van der Waals surface area contributed by atoms with Gasteiger partial charge in [0.1, 0.15) is 0 Å². The molecule has 1 aromatic carbocycles. The molecular formula is C15H21N3O2. The number of carbonyl (C=O) groups is 2. The summed E-state index contributed by atoms with van der Waals surface area (Å²) < 4.78 is 0. The molecule has 0 aromatic heterocycles. The summed E-state index contributed by atoms with van der Waals surface area (Å²) in [4.78, 5) is 25.3. The lowest BCUT2D eigenvalue weighted by Crippen LogP contribution is -2.26. The fourth-order valence-corrected chi connectivity index (χ4v) is 2.27. The molecule has 2 amide bonds. The van der Waals surface area contributed by atoms with Gasteiger partial charge in [0.15, 0.2) is 0 Å². The Balaban J connectivity index is 2.02. The number of hydrogen-bond donors (Lipinski definition) is 2. The van der Waals surface area contributed by atoms with E-state index >= 15 is 0 Å². The van der Waals surface area contributed by atoms with Crippen molar-refractivity contribution in [1.29, 1.82) is 0 Å². The SMILES string of the molecule is CCC(N)CC(=O)Nc1cccc(N2CCCC2=O)c1. The molecule has 0 bridgehead atoms. The van der Waals surface area contributed by atoms with E-state index in [2.05, 4.69) is 5.32 Å². The van der Waals surface area contributed by atoms with Crippen molar-refractivity contribution >= 4 is 23.2 Å². The Labute approximate surface area is 119 Å². The van der Waals surface area contributed by atoms with E-state index in [0.717, 1.165) is 25.1 Å². The largest absolute Gasteiger partial charge is 0.327 e. The lowest BCUT2D eigenvalue weighted by molar-refractivity contribution is -0.117. The third kappa shape index (κ3) is 3.57. The third-order valence-corrected chi connectivity index (χ3v) is 3.49. The summed E-state index contributed by atoms with van der Waals surface area (Å²) in [6.45, 7) is 2.70. The molecule has 3 N–H and O–H groups in total. The maximum atomic E-state index is 11.8. The van der Waals surface area contributed by atoms with Gasteiger partial charge in [-0.2, -0.15) is 0 Å². The lowest BCUT2D eigenvalue weighted by atomic mass is 10.1. The third-order valence-electron chi connectivity index (χ3n) is 3.49. The molecule has 1 fully saturated rings. The van der Waals surface area contributed by atoms with E-state index in [1.54, 1.807) is 4.90 Å². The van der Waals surface area contributed by atoms with Gasteiger partial charge in [0.25, 0.3) is 0 Å². The second-order valence-corrected chi connectivity index (χ2v) is 5.12. The second kappa shape index (κ2) is 6.52. The van der Waals surface area contributed by atoms with Crippen LogP contribution in [0.3, 0.4) is 0 Å². The standard InChI is InChI=1S/C15H21N3O2/c1-2-11(16)9-14(19)17-12-5-3-6-13(10-12)18-8-4-7-15(18)20/h3,5-6,10-11H,2,4,7-9,16H2,1H3,(H,17,19). The van der Waals surface area contributed by atoms with E-state index in [1.165, 1.54) is 0 Å². The lowest BCUT2D eigenvalue weighted by Gasteiger charge is -2.17. The van der Waals surface area contributed by atoms with Crippen molar-refractivity contribution in [2.24, 2.45) is 5.73 Å². The Hall–Kier alpha value is -1.88. The fraction of sp³-hybridized carbons (Fsp3) is 0.467. The number of nitrogens with one attached hydrogen (secondary N) is 1. The molecule has 1 unspecified atom stereocenters. The van der Waals surface area contributed by atoms with Crippen molar-refractivity contribution in [1.82, 2.24) is 0 Å². The summed E-state index contributed by atoms with van der Waals surface area (Å²) in [5.74, 6) is 0.0470. The van der Waals surface area contributed by atoms with E-state index in [1.807, 2.05) is 31.2 Å². The summed E-state index contributed by atoms with van der Waals surface area (Å²) in [6.07, 6.45) is 2.57. The van der Waals surface area contributed by atoms with E-state index in [9.17, 15) is 9.59 Å². The minimum absolute atomic E-state index is 0.0933. The number of nitrogens with two attached hydrogens (primary N) is 1. The second-order valence-electron chi connectivity index (χ2n) is 5.12. The van der Waals surface area contributed by atoms with Crippen molar-refractivity contribution in [3.05, 3.63) is 24.3 Å². The Morgan fingerprint density at radius 1 is 1.50 bits per heavy atom. The number of nitrogens with zero attached hydrogens (tertiary/aromatic N) is 1. The van der Waals surface area contributed by atoms with E-state index in [0.29, 0.717) is 18.5 Å². The predicted octanol–water partition coefficient (Wildman–Crippen LogP) is 1.88. The molecule has 0 radical (unpaired) electrons. The van der Waals surface area contributed by atoms with Crippen LogP contribution in [0.5, 0.6) is 0 Å². The van der Waals surface area contributed by atoms with Crippen molar-refractivity contribution in [3.63, 3.8) is 0 Å². The molecule has 0 saturated carbocycles. The number of anilines is 2. The van der Waals surface area contributed by atoms with Gasteiger partial charge in [0, 0.05) is 36.8 Å². The number of benzene rings is 1. The average molecular weight is 275 g/mol. The molecule has 1 aromatic rings. The quantitative estimate of drug-likeness (QED) is 0.861. The van der Waals surface area contributed by atoms with E-state index in [-0.39, 0.29) is 17.9 Å². The Kier molecular flexibility index (Phi) is 4.74. The van der Waals surface area contributed by atoms with Crippen molar-refractivity contribution < 1.29 is 9.59 Å². The van der Waals surface area contributed by atoms with Gasteiger partial charge in [-0.1, -0.05) is 13.0 Å². The van der Waals surface area contributed by atoms with Gasteiger partial charge in [0.05, 0.1) is 0 Å². The molecule has 0 spiro atoms. The smallest absolute Gasteiger partial charge is 0.227 e. The number of hydrogen-bond acceptors (Lipinski definition) is 3. The zero-order valence-electron chi connectivity index (χ0n) is 11.8. The van der Waals surface area contributed by atoms with Gasteiger partial charge in [-0.05, 0) is 31.0 Å². The van der Waals surface area contributed by atoms with Crippen molar-refractivity contribution in [2.75, 3.05) is 16.8 Å². The van der Waals surface area contributed by atoms with Crippen LogP contribution >= 0.6 is 0 Å². The Morgan fingerprint density at radius 2 is 2.30 bits per heavy atom. The summed E-state index contributed by atoms with van der Waals surface area (Å²) >= 11 is 0. The summed E-state index contributed by atoms with van der Waals surface area (Å²) in [5, 5.41) is 2.83. The van der Waals surface area contributed by atoms with Crippen LogP contribution in [0, 0.1) is 0 Å². The minimum Gasteiger partial charge on any atom is -0.327 e. The summed E-state index contributed by atoms with van der Waals surface area (Å²) in [5.41, 5.74) is 7.30. The molecule has 1 aliphatic rings. The van der Waals surface area contributed by atoms with Crippen LogP contribution in [0.2, 0.25) is 0 Å². The monoisotopic (exact) mass is 275 g/mol. The zero-order valence-corrected chi connectivity index (χ0v) is 11.8. The zero-order chi connectivity index (χ0) is 14.5. The van der Waals surface area contributed by atoms with Crippen molar-refractivity contribution in [3.8, 4) is 0 Å². The van der Waals surface area contributed by atoms with Crippen LogP contribution in [0.25, 0.3) is 0 Å². The molecule has 1 saturated heterocycles. The molecular weight excluding hydrogens is 254 g/mol. The molecule has 1 heterocycles.